The van der Waals surface area contributed by atoms with Crippen molar-refractivity contribution in [3.8, 4) is 11.1 Å². The second-order valence-corrected chi connectivity index (χ2v) is 7.24. The normalized spacial score (nSPS) is 11.2. The molecule has 3 rings (SSSR count). The summed E-state index contributed by atoms with van der Waals surface area (Å²) >= 11 is 0. The lowest BCUT2D eigenvalue weighted by Crippen LogP contribution is -2.28. The van der Waals surface area contributed by atoms with Crippen molar-refractivity contribution in [2.24, 2.45) is 17.4 Å². The molecule has 2 aromatic carbocycles. The minimum absolute atomic E-state index is 0. The molecule has 0 radical (unpaired) electrons. The standard InChI is InChI=1S/C23H25N3O2.ClH/c1-15(2)14-26-20(13-24)22(17-6-4-3-5-7-17)19-12-16(9-11-21(25)27)8-10-18(19)23(26)28;/h3-12,15H,13-14,24H2,1-2H3,(H2,25,27);1H. The number of fused-ring (bicyclic) bond motifs is 1. The fourth-order valence-electron chi connectivity index (χ4n) is 3.49. The topological polar surface area (TPSA) is 91.1 Å². The zero-order chi connectivity index (χ0) is 20.3. The van der Waals surface area contributed by atoms with E-state index < -0.39 is 5.91 Å². The number of aromatic nitrogens is 1. The van der Waals surface area contributed by atoms with Gasteiger partial charge in [-0.1, -0.05) is 50.2 Å². The number of halogens is 1. The number of pyridine rings is 1. The molecule has 5 nitrogen and oxygen atoms in total. The van der Waals surface area contributed by atoms with Crippen LogP contribution in [0.3, 0.4) is 0 Å². The van der Waals surface area contributed by atoms with Gasteiger partial charge in [-0.2, -0.15) is 0 Å². The SMILES string of the molecule is CC(C)Cn1c(CN)c(-c2ccccc2)c2cc(C=CC(N)=O)ccc2c1=O.Cl. The molecule has 0 unspecified atom stereocenters. The zero-order valence-corrected chi connectivity index (χ0v) is 17.4. The predicted molar refractivity (Wildman–Crippen MR) is 122 cm³/mol. The molecule has 0 saturated heterocycles. The van der Waals surface area contributed by atoms with Gasteiger partial charge in [0, 0.05) is 35.8 Å². The maximum atomic E-state index is 13.2. The highest BCUT2D eigenvalue weighted by Gasteiger charge is 2.18. The molecule has 6 heteroatoms. The molecular weight excluding hydrogens is 386 g/mol. The summed E-state index contributed by atoms with van der Waals surface area (Å²) in [6.45, 7) is 5.02. The Labute approximate surface area is 176 Å². The lowest BCUT2D eigenvalue weighted by atomic mass is 9.95. The maximum Gasteiger partial charge on any atom is 0.258 e. The Morgan fingerprint density at radius 3 is 2.38 bits per heavy atom. The monoisotopic (exact) mass is 411 g/mol. The smallest absolute Gasteiger partial charge is 0.258 e. The molecular formula is C23H26ClN3O2. The van der Waals surface area contributed by atoms with Crippen molar-refractivity contribution in [2.45, 2.75) is 26.9 Å². The molecule has 0 spiro atoms. The lowest BCUT2D eigenvalue weighted by Gasteiger charge is -2.20. The van der Waals surface area contributed by atoms with E-state index in [1.807, 2.05) is 48.5 Å². The van der Waals surface area contributed by atoms with Crippen LogP contribution < -0.4 is 17.0 Å². The van der Waals surface area contributed by atoms with E-state index >= 15 is 0 Å². The van der Waals surface area contributed by atoms with E-state index in [0.717, 1.165) is 27.8 Å². The predicted octanol–water partition coefficient (Wildman–Crippen LogP) is 3.70. The number of primary amides is 1. The lowest BCUT2D eigenvalue weighted by molar-refractivity contribution is -0.113. The summed E-state index contributed by atoms with van der Waals surface area (Å²) in [7, 11) is 0. The molecule has 1 aromatic heterocycles. The van der Waals surface area contributed by atoms with E-state index in [0.29, 0.717) is 17.8 Å². The number of nitrogens with zero attached hydrogens (tertiary/aromatic N) is 1. The van der Waals surface area contributed by atoms with Gasteiger partial charge in [-0.3, -0.25) is 9.59 Å². The second kappa shape index (κ2) is 9.54. The summed E-state index contributed by atoms with van der Waals surface area (Å²) < 4.78 is 1.80. The Balaban J connectivity index is 0.00000300. The van der Waals surface area contributed by atoms with Gasteiger partial charge in [0.25, 0.3) is 5.56 Å². The summed E-state index contributed by atoms with van der Waals surface area (Å²) in [5, 5.41) is 1.45. The molecule has 152 valence electrons. The van der Waals surface area contributed by atoms with E-state index in [2.05, 4.69) is 13.8 Å². The highest BCUT2D eigenvalue weighted by Crippen LogP contribution is 2.31. The largest absolute Gasteiger partial charge is 0.366 e. The number of benzene rings is 2. The summed E-state index contributed by atoms with van der Waals surface area (Å²) in [6, 6.07) is 15.5. The molecule has 1 amide bonds. The molecule has 1 heterocycles. The van der Waals surface area contributed by atoms with Crippen molar-refractivity contribution < 1.29 is 4.79 Å². The van der Waals surface area contributed by atoms with Crippen LogP contribution in [-0.4, -0.2) is 10.5 Å². The van der Waals surface area contributed by atoms with Gasteiger partial charge < -0.3 is 16.0 Å². The number of nitrogens with two attached hydrogens (primary N) is 2. The first kappa shape index (κ1) is 22.4. The molecule has 0 aliphatic carbocycles. The van der Waals surface area contributed by atoms with Gasteiger partial charge in [-0.25, -0.2) is 0 Å². The van der Waals surface area contributed by atoms with E-state index in [-0.39, 0.29) is 24.5 Å². The zero-order valence-electron chi connectivity index (χ0n) is 16.6. The van der Waals surface area contributed by atoms with Crippen LogP contribution in [0.4, 0.5) is 0 Å². The van der Waals surface area contributed by atoms with E-state index in [9.17, 15) is 9.59 Å². The fourth-order valence-corrected chi connectivity index (χ4v) is 3.49. The molecule has 0 atom stereocenters. The average Bonchev–Trinajstić information content (AvgIpc) is 2.68. The van der Waals surface area contributed by atoms with Gasteiger partial charge in [0.15, 0.2) is 0 Å². The minimum Gasteiger partial charge on any atom is -0.366 e. The van der Waals surface area contributed by atoms with Crippen molar-refractivity contribution in [1.82, 2.24) is 4.57 Å². The van der Waals surface area contributed by atoms with Gasteiger partial charge in [0.2, 0.25) is 5.91 Å². The third-order valence-corrected chi connectivity index (χ3v) is 4.65. The average molecular weight is 412 g/mol. The molecule has 0 bridgehead atoms. The maximum absolute atomic E-state index is 13.2. The minimum atomic E-state index is -0.515. The van der Waals surface area contributed by atoms with Crippen molar-refractivity contribution in [3.05, 3.63) is 76.2 Å². The summed E-state index contributed by atoms with van der Waals surface area (Å²) in [5.74, 6) is -0.208. The number of carbonyl (C=O) groups excluding carboxylic acids is 1. The number of hydrogen-bond donors (Lipinski definition) is 2. The third-order valence-electron chi connectivity index (χ3n) is 4.65. The van der Waals surface area contributed by atoms with E-state index in [1.54, 1.807) is 10.6 Å². The van der Waals surface area contributed by atoms with Crippen LogP contribution in [0.15, 0.2) is 59.4 Å². The van der Waals surface area contributed by atoms with Gasteiger partial charge in [-0.05, 0) is 40.6 Å². The molecule has 0 aliphatic heterocycles. The first-order valence-electron chi connectivity index (χ1n) is 9.34. The van der Waals surface area contributed by atoms with Gasteiger partial charge in [-0.15, -0.1) is 12.4 Å². The van der Waals surface area contributed by atoms with Crippen molar-refractivity contribution in [2.75, 3.05) is 0 Å². The van der Waals surface area contributed by atoms with Crippen LogP contribution in [0.2, 0.25) is 0 Å². The van der Waals surface area contributed by atoms with Gasteiger partial charge in [0.1, 0.15) is 0 Å². The Bertz CT molecular complexity index is 1100. The molecule has 0 aliphatic rings. The number of amides is 1. The number of rotatable bonds is 6. The molecule has 4 N–H and O–H groups in total. The number of hydrogen-bond acceptors (Lipinski definition) is 3. The number of carbonyl (C=O) groups is 1. The third kappa shape index (κ3) is 4.75. The Hall–Kier alpha value is -2.89. The molecule has 0 saturated carbocycles. The Kier molecular flexibility index (Phi) is 7.37. The summed E-state index contributed by atoms with van der Waals surface area (Å²) in [6.07, 6.45) is 2.96. The molecule has 3 aromatic rings. The Morgan fingerprint density at radius 1 is 1.10 bits per heavy atom. The van der Waals surface area contributed by atoms with Crippen LogP contribution in [-0.2, 0) is 17.9 Å². The second-order valence-electron chi connectivity index (χ2n) is 7.24. The summed E-state index contributed by atoms with van der Waals surface area (Å²) in [4.78, 5) is 24.3. The van der Waals surface area contributed by atoms with Crippen molar-refractivity contribution in [3.63, 3.8) is 0 Å². The van der Waals surface area contributed by atoms with Crippen LogP contribution >= 0.6 is 12.4 Å². The van der Waals surface area contributed by atoms with Gasteiger partial charge >= 0.3 is 0 Å². The van der Waals surface area contributed by atoms with Crippen LogP contribution in [0, 0.1) is 5.92 Å². The van der Waals surface area contributed by atoms with Crippen LogP contribution in [0.5, 0.6) is 0 Å². The highest BCUT2D eigenvalue weighted by molar-refractivity contribution is 5.99. The first-order chi connectivity index (χ1) is 13.4. The van der Waals surface area contributed by atoms with Crippen molar-refractivity contribution >= 4 is 35.2 Å². The van der Waals surface area contributed by atoms with E-state index in [4.69, 9.17) is 11.5 Å². The molecule has 0 fully saturated rings. The van der Waals surface area contributed by atoms with E-state index in [1.165, 1.54) is 6.08 Å². The van der Waals surface area contributed by atoms with Gasteiger partial charge in [0.05, 0.1) is 0 Å². The molecule has 29 heavy (non-hydrogen) atoms. The van der Waals surface area contributed by atoms with Crippen LogP contribution in [0.1, 0.15) is 25.1 Å². The Morgan fingerprint density at radius 2 is 1.79 bits per heavy atom. The highest BCUT2D eigenvalue weighted by atomic mass is 35.5. The van der Waals surface area contributed by atoms with Crippen LogP contribution in [0.25, 0.3) is 28.0 Å². The quantitative estimate of drug-likeness (QED) is 0.606. The first-order valence-corrected chi connectivity index (χ1v) is 9.34. The fraction of sp³-hybridized carbons (Fsp3) is 0.217. The van der Waals surface area contributed by atoms with Crippen molar-refractivity contribution in [1.29, 1.82) is 0 Å². The summed E-state index contributed by atoms with van der Waals surface area (Å²) in [5.41, 5.74) is 14.9.